The number of hydrogen-bond donors (Lipinski definition) is 1. The van der Waals surface area contributed by atoms with Crippen LogP contribution in [0.25, 0.3) is 0 Å². The van der Waals surface area contributed by atoms with Gasteiger partial charge in [0, 0.05) is 30.3 Å². The first-order valence-electron chi connectivity index (χ1n) is 10.7. The molecule has 1 amide bonds. The third kappa shape index (κ3) is 3.13. The number of fused-ring (bicyclic) bond motifs is 3. The van der Waals surface area contributed by atoms with Crippen LogP contribution in [0.5, 0.6) is 0 Å². The molecule has 2 heterocycles. The predicted octanol–water partition coefficient (Wildman–Crippen LogP) is 5.53. The summed E-state index contributed by atoms with van der Waals surface area (Å²) in [5, 5.41) is 3.78. The molecule has 3 atom stereocenters. The van der Waals surface area contributed by atoms with E-state index in [0.717, 1.165) is 37.9 Å². The van der Waals surface area contributed by atoms with Crippen LogP contribution < -0.4 is 5.32 Å². The van der Waals surface area contributed by atoms with Gasteiger partial charge in [0.25, 0.3) is 5.91 Å². The quantitative estimate of drug-likeness (QED) is 0.703. The maximum Gasteiger partial charge on any atom is 0.253 e. The summed E-state index contributed by atoms with van der Waals surface area (Å²) in [7, 11) is 0. The molecule has 1 fully saturated rings. The van der Waals surface area contributed by atoms with Gasteiger partial charge in [-0.15, -0.1) is 0 Å². The second kappa shape index (κ2) is 7.46. The second-order valence-corrected chi connectivity index (χ2v) is 8.39. The summed E-state index contributed by atoms with van der Waals surface area (Å²) in [5.74, 6) is 1.10. The summed E-state index contributed by atoms with van der Waals surface area (Å²) in [6.07, 6.45) is 10.5. The van der Waals surface area contributed by atoms with Crippen LogP contribution in [0.15, 0.2) is 60.7 Å². The molecule has 0 saturated carbocycles. The topological polar surface area (TPSA) is 32.3 Å². The first-order valence-corrected chi connectivity index (χ1v) is 10.7. The molecule has 2 aliphatic heterocycles. The molecule has 1 aliphatic carbocycles. The number of carbonyl (C=O) groups excluding carboxylic acids is 1. The van der Waals surface area contributed by atoms with Gasteiger partial charge in [-0.2, -0.15) is 0 Å². The lowest BCUT2D eigenvalue weighted by molar-refractivity contribution is 0.0761. The van der Waals surface area contributed by atoms with Gasteiger partial charge in [-0.1, -0.05) is 55.3 Å². The maximum absolute atomic E-state index is 13.1. The zero-order chi connectivity index (χ0) is 18.9. The molecule has 1 saturated heterocycles. The fourth-order valence-corrected chi connectivity index (χ4v) is 5.17. The number of carbonyl (C=O) groups is 1. The highest BCUT2D eigenvalue weighted by molar-refractivity contribution is 5.95. The fourth-order valence-electron chi connectivity index (χ4n) is 5.17. The number of benzene rings is 2. The van der Waals surface area contributed by atoms with E-state index in [0.29, 0.717) is 17.9 Å². The molecule has 144 valence electrons. The molecule has 0 aromatic heterocycles. The Morgan fingerprint density at radius 1 is 0.964 bits per heavy atom. The van der Waals surface area contributed by atoms with Crippen molar-refractivity contribution in [1.82, 2.24) is 4.90 Å². The third-order valence-electron chi connectivity index (χ3n) is 6.66. The number of anilines is 1. The minimum Gasteiger partial charge on any atom is -0.378 e. The molecule has 5 rings (SSSR count). The van der Waals surface area contributed by atoms with Crippen molar-refractivity contribution < 1.29 is 4.79 Å². The summed E-state index contributed by atoms with van der Waals surface area (Å²) in [6.45, 7) is 1.80. The van der Waals surface area contributed by atoms with Crippen molar-refractivity contribution in [2.45, 2.75) is 44.1 Å². The number of nitrogens with one attached hydrogen (secondary N) is 1. The number of amides is 1. The molecule has 3 aliphatic rings. The lowest BCUT2D eigenvalue weighted by Crippen LogP contribution is -2.33. The zero-order valence-corrected chi connectivity index (χ0v) is 16.3. The van der Waals surface area contributed by atoms with E-state index in [9.17, 15) is 4.79 Å². The molecule has 2 aromatic rings. The van der Waals surface area contributed by atoms with E-state index in [-0.39, 0.29) is 5.91 Å². The van der Waals surface area contributed by atoms with Crippen molar-refractivity contribution in [2.75, 3.05) is 18.4 Å². The Balaban J connectivity index is 1.46. The van der Waals surface area contributed by atoms with Gasteiger partial charge in [-0.25, -0.2) is 0 Å². The van der Waals surface area contributed by atoms with Gasteiger partial charge in [0.1, 0.15) is 0 Å². The Kier molecular flexibility index (Phi) is 4.67. The minimum absolute atomic E-state index is 0.202. The van der Waals surface area contributed by atoms with Crippen LogP contribution in [0.3, 0.4) is 0 Å². The summed E-state index contributed by atoms with van der Waals surface area (Å²) in [4.78, 5) is 15.2. The standard InChI is InChI=1S/C25H28N2O/c28-25(27-15-6-1-2-7-16-27)19-13-14-23-22(17-19)20-11-8-12-21(20)24(26-23)18-9-4-3-5-10-18/h3-5,8-11,13-14,17,20-21,24,26H,1-2,6-7,12,15-16H2/t20-,21-,24+/m1/s1. The Hall–Kier alpha value is -2.55. The van der Waals surface area contributed by atoms with E-state index in [2.05, 4.69) is 64.8 Å². The Morgan fingerprint density at radius 2 is 1.75 bits per heavy atom. The number of rotatable bonds is 2. The molecular weight excluding hydrogens is 344 g/mol. The molecule has 0 bridgehead atoms. The molecule has 0 radical (unpaired) electrons. The highest BCUT2D eigenvalue weighted by Gasteiger charge is 2.38. The predicted molar refractivity (Wildman–Crippen MR) is 114 cm³/mol. The van der Waals surface area contributed by atoms with Gasteiger partial charge >= 0.3 is 0 Å². The zero-order valence-electron chi connectivity index (χ0n) is 16.3. The van der Waals surface area contributed by atoms with Crippen molar-refractivity contribution in [1.29, 1.82) is 0 Å². The van der Waals surface area contributed by atoms with Crippen molar-refractivity contribution in [3.05, 3.63) is 77.4 Å². The molecule has 3 nitrogen and oxygen atoms in total. The molecule has 3 heteroatoms. The van der Waals surface area contributed by atoms with Crippen LogP contribution in [0.2, 0.25) is 0 Å². The number of hydrogen-bond acceptors (Lipinski definition) is 2. The van der Waals surface area contributed by atoms with Crippen molar-refractivity contribution in [3.8, 4) is 0 Å². The summed E-state index contributed by atoms with van der Waals surface area (Å²) >= 11 is 0. The summed E-state index contributed by atoms with van der Waals surface area (Å²) < 4.78 is 0. The maximum atomic E-state index is 13.1. The molecule has 28 heavy (non-hydrogen) atoms. The van der Waals surface area contributed by atoms with Crippen LogP contribution in [0.1, 0.15) is 65.5 Å². The van der Waals surface area contributed by atoms with E-state index < -0.39 is 0 Å². The average molecular weight is 373 g/mol. The van der Waals surface area contributed by atoms with Crippen LogP contribution in [-0.2, 0) is 0 Å². The number of allylic oxidation sites excluding steroid dienone is 2. The molecular formula is C25H28N2O. The highest BCUT2D eigenvalue weighted by atomic mass is 16.2. The van der Waals surface area contributed by atoms with Crippen LogP contribution in [0.4, 0.5) is 5.69 Å². The molecule has 1 N–H and O–H groups in total. The van der Waals surface area contributed by atoms with E-state index in [1.807, 2.05) is 6.07 Å². The molecule has 2 aromatic carbocycles. The van der Waals surface area contributed by atoms with Gasteiger partial charge in [0.2, 0.25) is 0 Å². The SMILES string of the molecule is O=C(c1ccc2c(c1)[C@@H]1C=CC[C@H]1[C@H](c1ccccc1)N2)N1CCCCCC1. The van der Waals surface area contributed by atoms with Gasteiger partial charge < -0.3 is 10.2 Å². The normalized spacial score (nSPS) is 26.1. The van der Waals surface area contributed by atoms with Crippen molar-refractivity contribution in [3.63, 3.8) is 0 Å². The third-order valence-corrected chi connectivity index (χ3v) is 6.66. The van der Waals surface area contributed by atoms with Crippen molar-refractivity contribution in [2.24, 2.45) is 5.92 Å². The Labute approximate surface area is 167 Å². The van der Waals surface area contributed by atoms with E-state index >= 15 is 0 Å². The Morgan fingerprint density at radius 3 is 2.54 bits per heavy atom. The number of likely N-dealkylation sites (tertiary alicyclic amines) is 1. The average Bonchev–Trinajstić information content (AvgIpc) is 3.08. The van der Waals surface area contributed by atoms with E-state index in [4.69, 9.17) is 0 Å². The lowest BCUT2D eigenvalue weighted by Gasteiger charge is -2.38. The van der Waals surface area contributed by atoms with Crippen molar-refractivity contribution >= 4 is 11.6 Å². The lowest BCUT2D eigenvalue weighted by atomic mass is 9.76. The summed E-state index contributed by atoms with van der Waals surface area (Å²) in [5.41, 5.74) is 4.65. The van der Waals surface area contributed by atoms with Gasteiger partial charge in [-0.05, 0) is 54.5 Å². The largest absolute Gasteiger partial charge is 0.378 e. The first kappa shape index (κ1) is 17.5. The van der Waals surface area contributed by atoms with Gasteiger partial charge in [-0.3, -0.25) is 4.79 Å². The monoisotopic (exact) mass is 372 g/mol. The summed E-state index contributed by atoms with van der Waals surface area (Å²) in [6, 6.07) is 17.4. The highest BCUT2D eigenvalue weighted by Crippen LogP contribution is 2.49. The minimum atomic E-state index is 0.202. The van der Waals surface area contributed by atoms with Crippen LogP contribution >= 0.6 is 0 Å². The molecule has 0 spiro atoms. The van der Waals surface area contributed by atoms with Gasteiger partial charge in [0.15, 0.2) is 0 Å². The van der Waals surface area contributed by atoms with Crippen LogP contribution in [0, 0.1) is 5.92 Å². The molecule has 0 unspecified atom stereocenters. The first-order chi connectivity index (χ1) is 13.8. The van der Waals surface area contributed by atoms with Crippen LogP contribution in [-0.4, -0.2) is 23.9 Å². The number of nitrogens with zero attached hydrogens (tertiary/aromatic N) is 1. The Bertz CT molecular complexity index is 881. The second-order valence-electron chi connectivity index (χ2n) is 8.39. The van der Waals surface area contributed by atoms with Gasteiger partial charge in [0.05, 0.1) is 6.04 Å². The smallest absolute Gasteiger partial charge is 0.253 e. The fraction of sp³-hybridized carbons (Fsp3) is 0.400. The van der Waals surface area contributed by atoms with E-state index in [1.165, 1.54) is 29.7 Å². The van der Waals surface area contributed by atoms with E-state index in [1.54, 1.807) is 0 Å².